The van der Waals surface area contributed by atoms with Gasteiger partial charge in [0.25, 0.3) is 11.8 Å². The maximum Gasteiger partial charge on any atom is 0.413 e. The first kappa shape index (κ1) is 20.8. The van der Waals surface area contributed by atoms with Gasteiger partial charge >= 0.3 is 6.09 Å². The summed E-state index contributed by atoms with van der Waals surface area (Å²) in [5.74, 6) is -0.521. The molecule has 3 amide bonds. The lowest BCUT2D eigenvalue weighted by atomic mass is 10.1. The Morgan fingerprint density at radius 1 is 1.14 bits per heavy atom. The second-order valence-corrected chi connectivity index (χ2v) is 8.92. The molecule has 0 bridgehead atoms. The average Bonchev–Trinajstić information content (AvgIpc) is 3.30. The van der Waals surface area contributed by atoms with Gasteiger partial charge < -0.3 is 15.4 Å². The fourth-order valence-corrected chi connectivity index (χ4v) is 3.10. The molecule has 1 aliphatic rings. The van der Waals surface area contributed by atoms with E-state index in [1.807, 2.05) is 6.92 Å². The van der Waals surface area contributed by atoms with Crippen molar-refractivity contribution in [3.8, 4) is 0 Å². The molecular weight excluding hydrogens is 392 g/mol. The Bertz CT molecular complexity index is 944. The predicted molar refractivity (Wildman–Crippen MR) is 112 cm³/mol. The van der Waals surface area contributed by atoms with Crippen molar-refractivity contribution in [1.29, 1.82) is 0 Å². The van der Waals surface area contributed by atoms with Crippen molar-refractivity contribution in [3.63, 3.8) is 0 Å². The number of hydrogen-bond donors (Lipinski definition) is 3. The molecule has 154 valence electrons. The molecule has 1 heterocycles. The molecule has 0 spiro atoms. The van der Waals surface area contributed by atoms with E-state index in [4.69, 9.17) is 4.74 Å². The van der Waals surface area contributed by atoms with E-state index in [1.54, 1.807) is 39.0 Å². The second kappa shape index (κ2) is 8.20. The Balaban J connectivity index is 1.65. The summed E-state index contributed by atoms with van der Waals surface area (Å²) < 4.78 is 5.17. The zero-order chi connectivity index (χ0) is 21.2. The zero-order valence-corrected chi connectivity index (χ0v) is 17.6. The van der Waals surface area contributed by atoms with Gasteiger partial charge in [-0.3, -0.25) is 14.9 Å². The number of carbonyl (C=O) groups excluding carboxylic acids is 3. The SMILES string of the molecule is Cc1ccc(C(=O)NC2CC2)cc1NC(=O)c1cnc(NC(=O)OC(C)(C)C)s1. The first-order valence-corrected chi connectivity index (χ1v) is 10.1. The molecule has 2 aromatic rings. The van der Waals surface area contributed by atoms with E-state index in [9.17, 15) is 14.4 Å². The van der Waals surface area contributed by atoms with Crippen molar-refractivity contribution < 1.29 is 19.1 Å². The summed E-state index contributed by atoms with van der Waals surface area (Å²) >= 11 is 1.03. The number of aryl methyl sites for hydroxylation is 1. The smallest absolute Gasteiger partial charge is 0.413 e. The van der Waals surface area contributed by atoms with Gasteiger partial charge in [0.05, 0.1) is 6.20 Å². The number of thiazole rings is 1. The van der Waals surface area contributed by atoms with Crippen LogP contribution in [0.3, 0.4) is 0 Å². The maximum atomic E-state index is 12.6. The van der Waals surface area contributed by atoms with Crippen LogP contribution in [0.2, 0.25) is 0 Å². The monoisotopic (exact) mass is 416 g/mol. The van der Waals surface area contributed by atoms with E-state index in [0.717, 1.165) is 29.7 Å². The molecule has 0 atom stereocenters. The number of rotatable bonds is 5. The lowest BCUT2D eigenvalue weighted by molar-refractivity contribution is 0.0635. The Morgan fingerprint density at radius 2 is 1.86 bits per heavy atom. The number of ether oxygens (including phenoxy) is 1. The quantitative estimate of drug-likeness (QED) is 0.684. The first-order chi connectivity index (χ1) is 13.6. The molecule has 29 heavy (non-hydrogen) atoms. The minimum atomic E-state index is -0.635. The van der Waals surface area contributed by atoms with Crippen LogP contribution in [0.25, 0.3) is 0 Å². The fourth-order valence-electron chi connectivity index (χ4n) is 2.41. The van der Waals surface area contributed by atoms with Crippen molar-refractivity contribution in [2.45, 2.75) is 52.2 Å². The molecule has 3 N–H and O–H groups in total. The van der Waals surface area contributed by atoms with Crippen LogP contribution < -0.4 is 16.0 Å². The number of aromatic nitrogens is 1. The lowest BCUT2D eigenvalue weighted by Gasteiger charge is -2.18. The third-order valence-corrected chi connectivity index (χ3v) is 4.91. The van der Waals surface area contributed by atoms with Gasteiger partial charge in [-0.2, -0.15) is 0 Å². The first-order valence-electron chi connectivity index (χ1n) is 9.29. The molecule has 0 unspecified atom stereocenters. The second-order valence-electron chi connectivity index (χ2n) is 7.89. The normalized spacial score (nSPS) is 13.5. The molecule has 0 aliphatic heterocycles. The summed E-state index contributed by atoms with van der Waals surface area (Å²) in [6.45, 7) is 7.12. The Hall–Kier alpha value is -2.94. The summed E-state index contributed by atoms with van der Waals surface area (Å²) in [7, 11) is 0. The van der Waals surface area contributed by atoms with Crippen LogP contribution in [0.15, 0.2) is 24.4 Å². The Kier molecular flexibility index (Phi) is 5.88. The van der Waals surface area contributed by atoms with Crippen LogP contribution in [0.4, 0.5) is 15.6 Å². The van der Waals surface area contributed by atoms with E-state index in [1.165, 1.54) is 6.20 Å². The largest absolute Gasteiger partial charge is 0.444 e. The van der Waals surface area contributed by atoms with E-state index >= 15 is 0 Å². The summed E-state index contributed by atoms with van der Waals surface area (Å²) in [5, 5.41) is 8.50. The van der Waals surface area contributed by atoms with Gasteiger partial charge in [-0.05, 0) is 58.2 Å². The van der Waals surface area contributed by atoms with Crippen LogP contribution in [0.1, 0.15) is 59.2 Å². The minimum absolute atomic E-state index is 0.148. The van der Waals surface area contributed by atoms with Gasteiger partial charge in [0.2, 0.25) is 0 Å². The number of nitrogens with one attached hydrogen (secondary N) is 3. The molecule has 9 heteroatoms. The Labute approximate surface area is 173 Å². The molecule has 0 saturated heterocycles. The number of amides is 3. The topological polar surface area (TPSA) is 109 Å². The minimum Gasteiger partial charge on any atom is -0.444 e. The molecule has 8 nitrogen and oxygen atoms in total. The molecule has 1 fully saturated rings. The van der Waals surface area contributed by atoms with E-state index in [0.29, 0.717) is 16.1 Å². The van der Waals surface area contributed by atoms with Crippen LogP contribution in [0, 0.1) is 6.92 Å². The molecule has 1 saturated carbocycles. The van der Waals surface area contributed by atoms with Crippen molar-refractivity contribution in [2.24, 2.45) is 0 Å². The summed E-state index contributed by atoms with van der Waals surface area (Å²) in [5.41, 5.74) is 1.25. The molecule has 1 aromatic carbocycles. The molecular formula is C20H24N4O4S. The summed E-state index contributed by atoms with van der Waals surface area (Å²) in [4.78, 5) is 41.0. The fraction of sp³-hybridized carbons (Fsp3) is 0.400. The van der Waals surface area contributed by atoms with Gasteiger partial charge in [0.1, 0.15) is 10.5 Å². The number of hydrogen-bond acceptors (Lipinski definition) is 6. The average molecular weight is 417 g/mol. The number of benzene rings is 1. The highest BCUT2D eigenvalue weighted by atomic mass is 32.1. The number of carbonyl (C=O) groups is 3. The van der Waals surface area contributed by atoms with Gasteiger partial charge in [-0.25, -0.2) is 9.78 Å². The van der Waals surface area contributed by atoms with Crippen LogP contribution in [-0.2, 0) is 4.74 Å². The van der Waals surface area contributed by atoms with Gasteiger partial charge in [-0.15, -0.1) is 0 Å². The van der Waals surface area contributed by atoms with Crippen molar-refractivity contribution in [1.82, 2.24) is 10.3 Å². The molecule has 3 rings (SSSR count). The third kappa shape index (κ3) is 6.02. The van der Waals surface area contributed by atoms with Gasteiger partial charge in [0, 0.05) is 17.3 Å². The predicted octanol–water partition coefficient (Wildman–Crippen LogP) is 3.94. The highest BCUT2D eigenvalue weighted by molar-refractivity contribution is 7.17. The van der Waals surface area contributed by atoms with E-state index in [2.05, 4.69) is 20.9 Å². The van der Waals surface area contributed by atoms with Gasteiger partial charge in [-0.1, -0.05) is 17.4 Å². The lowest BCUT2D eigenvalue weighted by Crippen LogP contribution is -2.27. The van der Waals surface area contributed by atoms with Crippen molar-refractivity contribution in [2.75, 3.05) is 10.6 Å². The highest BCUT2D eigenvalue weighted by Gasteiger charge is 2.24. The van der Waals surface area contributed by atoms with Crippen LogP contribution >= 0.6 is 11.3 Å². The highest BCUT2D eigenvalue weighted by Crippen LogP contribution is 2.24. The van der Waals surface area contributed by atoms with E-state index < -0.39 is 11.7 Å². The zero-order valence-electron chi connectivity index (χ0n) is 16.8. The van der Waals surface area contributed by atoms with E-state index in [-0.39, 0.29) is 23.0 Å². The summed E-state index contributed by atoms with van der Waals surface area (Å²) in [6.07, 6.45) is 2.76. The molecule has 1 aromatic heterocycles. The molecule has 1 aliphatic carbocycles. The van der Waals surface area contributed by atoms with Crippen LogP contribution in [-0.4, -0.2) is 34.5 Å². The van der Waals surface area contributed by atoms with Crippen molar-refractivity contribution >= 4 is 40.1 Å². The van der Waals surface area contributed by atoms with Gasteiger partial charge in [0.15, 0.2) is 5.13 Å². The molecule has 0 radical (unpaired) electrons. The maximum absolute atomic E-state index is 12.6. The van der Waals surface area contributed by atoms with Crippen LogP contribution in [0.5, 0.6) is 0 Å². The number of anilines is 2. The summed E-state index contributed by atoms with van der Waals surface area (Å²) in [6, 6.07) is 5.44. The Morgan fingerprint density at radius 3 is 2.52 bits per heavy atom. The number of nitrogens with zero attached hydrogens (tertiary/aromatic N) is 1. The third-order valence-electron chi connectivity index (χ3n) is 4.00. The standard InChI is InChI=1S/C20H24N4O4S/c1-11-5-6-12(16(25)22-13-7-8-13)9-14(11)23-17(26)15-10-21-18(29-15)24-19(27)28-20(2,3)4/h5-6,9-10,13H,7-8H2,1-4H3,(H,22,25)(H,23,26)(H,21,24,27). The van der Waals surface area contributed by atoms with Crippen molar-refractivity contribution in [3.05, 3.63) is 40.4 Å².